The summed E-state index contributed by atoms with van der Waals surface area (Å²) in [6.07, 6.45) is 1.39. The predicted molar refractivity (Wildman–Crippen MR) is 68.9 cm³/mol. The molecule has 5 heteroatoms. The Morgan fingerprint density at radius 1 is 1.32 bits per heavy atom. The Bertz CT molecular complexity index is 433. The highest BCUT2D eigenvalue weighted by Gasteiger charge is 2.25. The Hall–Kier alpha value is -1.49. The van der Waals surface area contributed by atoms with Crippen LogP contribution in [-0.2, 0) is 0 Å². The Kier molecular flexibility index (Phi) is 5.89. The second-order valence-electron chi connectivity index (χ2n) is 4.29. The van der Waals surface area contributed by atoms with Crippen molar-refractivity contribution in [3.05, 3.63) is 35.4 Å². The molecule has 0 saturated carbocycles. The van der Waals surface area contributed by atoms with Crippen LogP contribution in [0.3, 0.4) is 0 Å². The number of hydrogen-bond acceptors (Lipinski definition) is 2. The summed E-state index contributed by atoms with van der Waals surface area (Å²) in [4.78, 5) is 13.7. The van der Waals surface area contributed by atoms with Gasteiger partial charge in [0.2, 0.25) is 0 Å². The molecular formula is C14H19F2NO2. The van der Waals surface area contributed by atoms with Crippen molar-refractivity contribution >= 4 is 5.91 Å². The number of hydrogen-bond donors (Lipinski definition) is 1. The molecule has 0 fully saturated rings. The maximum absolute atomic E-state index is 13.6. The second kappa shape index (κ2) is 7.19. The number of aliphatic hydroxyl groups is 1. The molecule has 0 aliphatic rings. The van der Waals surface area contributed by atoms with Crippen molar-refractivity contribution in [2.45, 2.75) is 32.7 Å². The summed E-state index contributed by atoms with van der Waals surface area (Å²) in [7, 11) is 0. The standard InChI is InChI=1S/C14H19F2NO2/c1-3-10(4-2)17(8-9-18)14(19)11-6-5-7-12(15)13(11)16/h5-7,10,18H,3-4,8-9H2,1-2H3. The summed E-state index contributed by atoms with van der Waals surface area (Å²) in [5.74, 6) is -2.76. The highest BCUT2D eigenvalue weighted by Crippen LogP contribution is 2.17. The van der Waals surface area contributed by atoms with Gasteiger partial charge in [-0.1, -0.05) is 19.9 Å². The lowest BCUT2D eigenvalue weighted by Gasteiger charge is -2.30. The molecule has 0 bridgehead atoms. The SMILES string of the molecule is CCC(CC)N(CCO)C(=O)c1cccc(F)c1F. The zero-order valence-corrected chi connectivity index (χ0v) is 11.2. The van der Waals surface area contributed by atoms with Crippen LogP contribution in [0, 0.1) is 11.6 Å². The molecule has 1 N–H and O–H groups in total. The van der Waals surface area contributed by atoms with E-state index in [-0.39, 0.29) is 24.8 Å². The maximum Gasteiger partial charge on any atom is 0.257 e. The molecular weight excluding hydrogens is 252 g/mol. The van der Waals surface area contributed by atoms with Crippen LogP contribution in [0.15, 0.2) is 18.2 Å². The van der Waals surface area contributed by atoms with Gasteiger partial charge in [0.15, 0.2) is 11.6 Å². The van der Waals surface area contributed by atoms with Gasteiger partial charge in [0.25, 0.3) is 5.91 Å². The van der Waals surface area contributed by atoms with Gasteiger partial charge in [0.1, 0.15) is 0 Å². The molecule has 0 aromatic heterocycles. The number of aliphatic hydroxyl groups excluding tert-OH is 1. The van der Waals surface area contributed by atoms with Gasteiger partial charge < -0.3 is 10.0 Å². The van der Waals surface area contributed by atoms with Crippen molar-refractivity contribution in [3.8, 4) is 0 Å². The highest BCUT2D eigenvalue weighted by atomic mass is 19.2. The van der Waals surface area contributed by atoms with Gasteiger partial charge in [-0.2, -0.15) is 0 Å². The first kappa shape index (κ1) is 15.6. The number of carbonyl (C=O) groups excluding carboxylic acids is 1. The maximum atomic E-state index is 13.6. The van der Waals surface area contributed by atoms with E-state index < -0.39 is 17.5 Å². The molecule has 0 heterocycles. The van der Waals surface area contributed by atoms with E-state index in [4.69, 9.17) is 5.11 Å². The molecule has 1 rings (SSSR count). The molecule has 0 radical (unpaired) electrons. The first-order valence-electron chi connectivity index (χ1n) is 6.42. The number of benzene rings is 1. The Balaban J connectivity index is 3.08. The molecule has 1 amide bonds. The molecule has 3 nitrogen and oxygen atoms in total. The fourth-order valence-corrected chi connectivity index (χ4v) is 2.11. The Morgan fingerprint density at radius 3 is 2.47 bits per heavy atom. The third kappa shape index (κ3) is 3.50. The first-order valence-corrected chi connectivity index (χ1v) is 6.42. The van der Waals surface area contributed by atoms with Crippen LogP contribution in [0.2, 0.25) is 0 Å². The zero-order valence-electron chi connectivity index (χ0n) is 11.2. The monoisotopic (exact) mass is 271 g/mol. The van der Waals surface area contributed by atoms with Crippen molar-refractivity contribution in [1.29, 1.82) is 0 Å². The molecule has 19 heavy (non-hydrogen) atoms. The summed E-state index contributed by atoms with van der Waals surface area (Å²) in [6.45, 7) is 3.72. The number of halogens is 2. The van der Waals surface area contributed by atoms with Crippen LogP contribution in [0.4, 0.5) is 8.78 Å². The Morgan fingerprint density at radius 2 is 1.95 bits per heavy atom. The fraction of sp³-hybridized carbons (Fsp3) is 0.500. The van der Waals surface area contributed by atoms with E-state index in [1.807, 2.05) is 13.8 Å². The van der Waals surface area contributed by atoms with Crippen molar-refractivity contribution < 1.29 is 18.7 Å². The van der Waals surface area contributed by atoms with E-state index in [1.54, 1.807) is 0 Å². The van der Waals surface area contributed by atoms with E-state index >= 15 is 0 Å². The van der Waals surface area contributed by atoms with Crippen LogP contribution in [-0.4, -0.2) is 35.1 Å². The molecule has 0 unspecified atom stereocenters. The van der Waals surface area contributed by atoms with Crippen molar-refractivity contribution in [2.75, 3.05) is 13.2 Å². The predicted octanol–water partition coefficient (Wildman–Crippen LogP) is 2.59. The van der Waals surface area contributed by atoms with Gasteiger partial charge in [-0.05, 0) is 25.0 Å². The minimum Gasteiger partial charge on any atom is -0.395 e. The number of nitrogens with zero attached hydrogens (tertiary/aromatic N) is 1. The lowest BCUT2D eigenvalue weighted by molar-refractivity contribution is 0.0616. The average molecular weight is 271 g/mol. The van der Waals surface area contributed by atoms with Crippen LogP contribution in [0.25, 0.3) is 0 Å². The van der Waals surface area contributed by atoms with E-state index in [0.717, 1.165) is 6.07 Å². The van der Waals surface area contributed by atoms with Crippen LogP contribution in [0.5, 0.6) is 0 Å². The third-order valence-corrected chi connectivity index (χ3v) is 3.17. The molecule has 0 saturated heterocycles. The molecule has 0 aliphatic carbocycles. The Labute approximate surface area is 111 Å². The van der Waals surface area contributed by atoms with Crippen molar-refractivity contribution in [1.82, 2.24) is 4.90 Å². The lowest BCUT2D eigenvalue weighted by Crippen LogP contribution is -2.42. The number of carbonyl (C=O) groups is 1. The molecule has 106 valence electrons. The minimum atomic E-state index is -1.14. The van der Waals surface area contributed by atoms with E-state index in [9.17, 15) is 13.6 Å². The smallest absolute Gasteiger partial charge is 0.257 e. The van der Waals surface area contributed by atoms with E-state index in [1.165, 1.54) is 17.0 Å². The number of rotatable bonds is 6. The van der Waals surface area contributed by atoms with Gasteiger partial charge in [0, 0.05) is 12.6 Å². The van der Waals surface area contributed by atoms with Crippen LogP contribution >= 0.6 is 0 Å². The highest BCUT2D eigenvalue weighted by molar-refractivity contribution is 5.94. The van der Waals surface area contributed by atoms with Gasteiger partial charge in [-0.25, -0.2) is 8.78 Å². The van der Waals surface area contributed by atoms with Gasteiger partial charge in [-0.15, -0.1) is 0 Å². The van der Waals surface area contributed by atoms with Crippen LogP contribution in [0.1, 0.15) is 37.0 Å². The molecule has 1 aromatic rings. The van der Waals surface area contributed by atoms with Gasteiger partial charge in [0.05, 0.1) is 12.2 Å². The summed E-state index contributed by atoms with van der Waals surface area (Å²) >= 11 is 0. The topological polar surface area (TPSA) is 40.5 Å². The summed E-state index contributed by atoms with van der Waals surface area (Å²) < 4.78 is 26.8. The largest absolute Gasteiger partial charge is 0.395 e. The zero-order chi connectivity index (χ0) is 14.4. The second-order valence-corrected chi connectivity index (χ2v) is 4.29. The molecule has 0 spiro atoms. The quantitative estimate of drug-likeness (QED) is 0.864. The fourth-order valence-electron chi connectivity index (χ4n) is 2.11. The van der Waals surface area contributed by atoms with E-state index in [0.29, 0.717) is 12.8 Å². The first-order chi connectivity index (χ1) is 9.06. The minimum absolute atomic E-state index is 0.0951. The summed E-state index contributed by atoms with van der Waals surface area (Å²) in [6, 6.07) is 3.44. The molecule has 0 atom stereocenters. The molecule has 1 aromatic carbocycles. The van der Waals surface area contributed by atoms with Crippen molar-refractivity contribution in [2.24, 2.45) is 0 Å². The molecule has 0 aliphatic heterocycles. The van der Waals surface area contributed by atoms with Crippen LogP contribution < -0.4 is 0 Å². The lowest BCUT2D eigenvalue weighted by atomic mass is 10.1. The third-order valence-electron chi connectivity index (χ3n) is 3.17. The summed E-state index contributed by atoms with van der Waals surface area (Å²) in [5, 5.41) is 9.03. The average Bonchev–Trinajstić information content (AvgIpc) is 2.41. The van der Waals surface area contributed by atoms with Gasteiger partial charge >= 0.3 is 0 Å². The van der Waals surface area contributed by atoms with E-state index in [2.05, 4.69) is 0 Å². The number of amides is 1. The van der Waals surface area contributed by atoms with Gasteiger partial charge in [-0.3, -0.25) is 4.79 Å². The van der Waals surface area contributed by atoms with Crippen molar-refractivity contribution in [3.63, 3.8) is 0 Å². The normalized spacial score (nSPS) is 10.8. The summed E-state index contributed by atoms with van der Waals surface area (Å²) in [5.41, 5.74) is -0.291.